The Bertz CT molecular complexity index is 536. The molecule has 1 heterocycles. The number of nitrogens with one attached hydrogen (secondary N) is 1. The smallest absolute Gasteiger partial charge is 0.110 e. The maximum Gasteiger partial charge on any atom is 0.110 e. The Morgan fingerprint density at radius 2 is 2.10 bits per heavy atom. The average Bonchev–Trinajstić information content (AvgIpc) is 2.88. The molecule has 2 aromatic rings. The molecule has 0 saturated carbocycles. The summed E-state index contributed by atoms with van der Waals surface area (Å²) >= 11 is 6.24. The van der Waals surface area contributed by atoms with Crippen molar-refractivity contribution in [2.24, 2.45) is 0 Å². The van der Waals surface area contributed by atoms with E-state index in [0.717, 1.165) is 36.7 Å². The van der Waals surface area contributed by atoms with Crippen LogP contribution in [-0.2, 0) is 19.4 Å². The molecule has 1 unspecified atom stereocenters. The Morgan fingerprint density at radius 3 is 2.80 bits per heavy atom. The molecule has 108 valence electrons. The number of halogens is 1. The van der Waals surface area contributed by atoms with Crippen molar-refractivity contribution in [3.05, 3.63) is 53.1 Å². The number of hydrogen-bond donors (Lipinski definition) is 1. The third-order valence-corrected chi connectivity index (χ3v) is 3.90. The molecule has 0 radical (unpaired) electrons. The van der Waals surface area contributed by atoms with Crippen LogP contribution in [0, 0.1) is 0 Å². The Morgan fingerprint density at radius 1 is 1.30 bits per heavy atom. The van der Waals surface area contributed by atoms with Gasteiger partial charge in [-0.15, -0.1) is 0 Å². The summed E-state index contributed by atoms with van der Waals surface area (Å²) in [5.74, 6) is 1.14. The highest BCUT2D eigenvalue weighted by molar-refractivity contribution is 6.31. The van der Waals surface area contributed by atoms with E-state index in [4.69, 9.17) is 11.6 Å². The maximum absolute atomic E-state index is 6.24. The second-order valence-electron chi connectivity index (χ2n) is 5.02. The van der Waals surface area contributed by atoms with Crippen LogP contribution in [0.15, 0.2) is 36.7 Å². The molecule has 0 spiro atoms. The van der Waals surface area contributed by atoms with Crippen molar-refractivity contribution in [3.8, 4) is 0 Å². The van der Waals surface area contributed by atoms with Gasteiger partial charge >= 0.3 is 0 Å². The Hall–Kier alpha value is -1.32. The summed E-state index contributed by atoms with van der Waals surface area (Å²) in [4.78, 5) is 4.48. The summed E-state index contributed by atoms with van der Waals surface area (Å²) in [6.07, 6.45) is 6.89. The van der Waals surface area contributed by atoms with Gasteiger partial charge < -0.3 is 9.88 Å². The first-order chi connectivity index (χ1) is 9.74. The molecule has 3 nitrogen and oxygen atoms in total. The molecular weight excluding hydrogens is 270 g/mol. The predicted molar refractivity (Wildman–Crippen MR) is 84.2 cm³/mol. The fraction of sp³-hybridized carbons (Fsp3) is 0.438. The Kier molecular flexibility index (Phi) is 5.62. The molecule has 1 N–H and O–H groups in total. The van der Waals surface area contributed by atoms with E-state index in [-0.39, 0.29) is 0 Å². The van der Waals surface area contributed by atoms with Crippen molar-refractivity contribution in [2.45, 2.75) is 38.8 Å². The maximum atomic E-state index is 6.24. The van der Waals surface area contributed by atoms with Gasteiger partial charge in [-0.2, -0.15) is 0 Å². The van der Waals surface area contributed by atoms with Crippen LogP contribution in [-0.4, -0.2) is 22.6 Å². The Labute approximate surface area is 126 Å². The topological polar surface area (TPSA) is 29.9 Å². The SMILES string of the molecule is CCCn1ccnc1CC(Cc1ccccc1Cl)NC. The van der Waals surface area contributed by atoms with Gasteiger partial charge in [0, 0.05) is 36.4 Å². The van der Waals surface area contributed by atoms with Crippen LogP contribution in [0.5, 0.6) is 0 Å². The first-order valence-electron chi connectivity index (χ1n) is 7.15. The molecule has 1 aromatic carbocycles. The zero-order valence-corrected chi connectivity index (χ0v) is 12.9. The first kappa shape index (κ1) is 15.1. The lowest BCUT2D eigenvalue weighted by Crippen LogP contribution is -2.31. The molecule has 2 rings (SSSR count). The highest BCUT2D eigenvalue weighted by atomic mass is 35.5. The summed E-state index contributed by atoms with van der Waals surface area (Å²) in [5.41, 5.74) is 1.18. The highest BCUT2D eigenvalue weighted by Crippen LogP contribution is 2.17. The lowest BCUT2D eigenvalue weighted by atomic mass is 10.0. The average molecular weight is 292 g/mol. The molecular formula is C16H22ClN3. The lowest BCUT2D eigenvalue weighted by molar-refractivity contribution is 0.520. The van der Waals surface area contributed by atoms with E-state index in [9.17, 15) is 0 Å². The van der Waals surface area contributed by atoms with Crippen molar-refractivity contribution >= 4 is 11.6 Å². The number of benzene rings is 1. The summed E-state index contributed by atoms with van der Waals surface area (Å²) in [5, 5.41) is 4.21. The lowest BCUT2D eigenvalue weighted by Gasteiger charge is -2.17. The molecule has 1 atom stereocenters. The quantitative estimate of drug-likeness (QED) is 0.848. The molecule has 0 aliphatic carbocycles. The van der Waals surface area contributed by atoms with Gasteiger partial charge in [0.2, 0.25) is 0 Å². The first-order valence-corrected chi connectivity index (χ1v) is 7.53. The number of aromatic nitrogens is 2. The highest BCUT2D eigenvalue weighted by Gasteiger charge is 2.13. The van der Waals surface area contributed by atoms with Crippen LogP contribution in [0.3, 0.4) is 0 Å². The van der Waals surface area contributed by atoms with E-state index in [1.54, 1.807) is 0 Å². The number of rotatable bonds is 7. The minimum Gasteiger partial charge on any atom is -0.335 e. The van der Waals surface area contributed by atoms with Gasteiger partial charge in [0.1, 0.15) is 5.82 Å². The molecule has 4 heteroatoms. The number of imidazole rings is 1. The molecule has 20 heavy (non-hydrogen) atoms. The van der Waals surface area contributed by atoms with Crippen LogP contribution in [0.2, 0.25) is 5.02 Å². The monoisotopic (exact) mass is 291 g/mol. The number of nitrogens with zero attached hydrogens (tertiary/aromatic N) is 2. The molecule has 0 bridgehead atoms. The van der Waals surface area contributed by atoms with E-state index < -0.39 is 0 Å². The molecule has 1 aromatic heterocycles. The van der Waals surface area contributed by atoms with Gasteiger partial charge in [-0.3, -0.25) is 0 Å². The van der Waals surface area contributed by atoms with Crippen LogP contribution < -0.4 is 5.32 Å². The standard InChI is InChI=1S/C16H22ClN3/c1-3-9-20-10-8-19-16(20)12-14(18-2)11-13-6-4-5-7-15(13)17/h4-8,10,14,18H,3,9,11-12H2,1-2H3. The molecule has 0 saturated heterocycles. The number of likely N-dealkylation sites (N-methyl/N-ethyl adjacent to an activating group) is 1. The van der Waals surface area contributed by atoms with Crippen molar-refractivity contribution in [3.63, 3.8) is 0 Å². The minimum absolute atomic E-state index is 0.341. The van der Waals surface area contributed by atoms with Crippen molar-refractivity contribution in [1.29, 1.82) is 0 Å². The largest absolute Gasteiger partial charge is 0.335 e. The number of hydrogen-bond acceptors (Lipinski definition) is 2. The van der Waals surface area contributed by atoms with E-state index in [1.165, 1.54) is 5.56 Å². The summed E-state index contributed by atoms with van der Waals surface area (Å²) in [6, 6.07) is 8.38. The summed E-state index contributed by atoms with van der Waals surface area (Å²) in [7, 11) is 1.99. The van der Waals surface area contributed by atoms with Crippen LogP contribution in [0.1, 0.15) is 24.7 Å². The fourth-order valence-corrected chi connectivity index (χ4v) is 2.61. The van der Waals surface area contributed by atoms with Crippen LogP contribution in [0.4, 0.5) is 0 Å². The molecule has 0 aliphatic rings. The molecule has 0 fully saturated rings. The second kappa shape index (κ2) is 7.46. The van der Waals surface area contributed by atoms with Gasteiger partial charge in [-0.25, -0.2) is 4.98 Å². The van der Waals surface area contributed by atoms with Crippen LogP contribution >= 0.6 is 11.6 Å². The normalized spacial score (nSPS) is 12.6. The molecule has 0 amide bonds. The summed E-state index contributed by atoms with van der Waals surface area (Å²) < 4.78 is 2.23. The second-order valence-corrected chi connectivity index (χ2v) is 5.43. The van der Waals surface area contributed by atoms with E-state index >= 15 is 0 Å². The van der Waals surface area contributed by atoms with Crippen molar-refractivity contribution in [2.75, 3.05) is 7.05 Å². The zero-order valence-electron chi connectivity index (χ0n) is 12.1. The Balaban J connectivity index is 2.05. The number of aryl methyl sites for hydroxylation is 1. The third kappa shape index (κ3) is 3.84. The van der Waals surface area contributed by atoms with Gasteiger partial charge in [-0.1, -0.05) is 36.7 Å². The molecule has 0 aliphatic heterocycles. The van der Waals surface area contributed by atoms with Gasteiger partial charge in [-0.05, 0) is 31.5 Å². The van der Waals surface area contributed by atoms with Gasteiger partial charge in [0.25, 0.3) is 0 Å². The van der Waals surface area contributed by atoms with E-state index in [2.05, 4.69) is 34.1 Å². The van der Waals surface area contributed by atoms with Crippen molar-refractivity contribution < 1.29 is 0 Å². The van der Waals surface area contributed by atoms with E-state index in [0.29, 0.717) is 6.04 Å². The predicted octanol–water partition coefficient (Wildman–Crippen LogP) is 3.32. The zero-order chi connectivity index (χ0) is 14.4. The minimum atomic E-state index is 0.341. The third-order valence-electron chi connectivity index (χ3n) is 3.53. The van der Waals surface area contributed by atoms with E-state index in [1.807, 2.05) is 31.4 Å². The summed E-state index contributed by atoms with van der Waals surface area (Å²) in [6.45, 7) is 3.21. The van der Waals surface area contributed by atoms with Crippen LogP contribution in [0.25, 0.3) is 0 Å². The van der Waals surface area contributed by atoms with Gasteiger partial charge in [0.05, 0.1) is 0 Å². The fourth-order valence-electron chi connectivity index (χ4n) is 2.40. The van der Waals surface area contributed by atoms with Crippen molar-refractivity contribution in [1.82, 2.24) is 14.9 Å². The van der Waals surface area contributed by atoms with Gasteiger partial charge in [0.15, 0.2) is 0 Å².